The van der Waals surface area contributed by atoms with Crippen molar-refractivity contribution in [1.82, 2.24) is 15.3 Å². The van der Waals surface area contributed by atoms with Crippen molar-refractivity contribution in [2.24, 2.45) is 0 Å². The van der Waals surface area contributed by atoms with Gasteiger partial charge in [-0.3, -0.25) is 9.78 Å². The predicted molar refractivity (Wildman–Crippen MR) is 138 cm³/mol. The second kappa shape index (κ2) is 10.8. The maximum absolute atomic E-state index is 13.8. The van der Waals surface area contributed by atoms with Crippen molar-refractivity contribution in [1.29, 1.82) is 0 Å². The number of alkyl halides is 3. The van der Waals surface area contributed by atoms with E-state index in [0.29, 0.717) is 10.9 Å². The first-order valence-corrected chi connectivity index (χ1v) is 11.8. The number of rotatable bonds is 6. The van der Waals surface area contributed by atoms with E-state index in [9.17, 15) is 22.8 Å². The van der Waals surface area contributed by atoms with E-state index in [2.05, 4.69) is 15.3 Å². The molecule has 12 heteroatoms. The van der Waals surface area contributed by atoms with Gasteiger partial charge in [-0.1, -0.05) is 47.5 Å². The number of hydrogen-bond donors (Lipinski definition) is 2. The number of esters is 1. The molecule has 0 aliphatic heterocycles. The van der Waals surface area contributed by atoms with Gasteiger partial charge in [0.15, 0.2) is 0 Å². The number of nitrogens with zero attached hydrogens (tertiary/aromatic N) is 2. The highest BCUT2D eigenvalue weighted by molar-refractivity contribution is 6.39. The molecule has 1 atom stereocenters. The number of nitrogens with one attached hydrogen (secondary N) is 1. The average Bonchev–Trinajstić information content (AvgIpc) is 2.87. The topological polar surface area (TPSA) is 107 Å². The molecule has 4 aromatic rings. The van der Waals surface area contributed by atoms with Gasteiger partial charge in [-0.2, -0.15) is 13.2 Å². The molecule has 4 rings (SSSR count). The molecule has 2 heterocycles. The Labute approximate surface area is 224 Å². The lowest BCUT2D eigenvalue weighted by Crippen LogP contribution is -2.43. The summed E-state index contributed by atoms with van der Waals surface area (Å²) >= 11 is 12.3. The summed E-state index contributed by atoms with van der Waals surface area (Å²) in [6, 6.07) is 11.5. The van der Waals surface area contributed by atoms with Crippen LogP contribution in [0.5, 0.6) is 0 Å². The van der Waals surface area contributed by atoms with E-state index >= 15 is 0 Å². The smallest absolute Gasteiger partial charge is 0.418 e. The fourth-order valence-corrected chi connectivity index (χ4v) is 4.58. The molecule has 0 aliphatic carbocycles. The Bertz CT molecular complexity index is 1530. The minimum absolute atomic E-state index is 0.0148. The number of benzene rings is 2. The van der Waals surface area contributed by atoms with Crippen LogP contribution in [0.2, 0.25) is 10.0 Å². The molecule has 0 unspecified atom stereocenters. The SMILES string of the molecule is COC(=O)[C@H](Cc1ccc(-c2nc(N)ccc2C(F)(F)F)c2ncccc12)NC(=O)c1c(Cl)cccc1Cl. The van der Waals surface area contributed by atoms with Crippen LogP contribution in [0.3, 0.4) is 0 Å². The summed E-state index contributed by atoms with van der Waals surface area (Å²) in [5.41, 5.74) is 5.16. The number of amides is 1. The third-order valence-corrected chi connectivity index (χ3v) is 6.37. The Morgan fingerprint density at radius 1 is 1.05 bits per heavy atom. The van der Waals surface area contributed by atoms with Gasteiger partial charge in [-0.25, -0.2) is 9.78 Å². The molecule has 0 spiro atoms. The molecule has 2 aromatic carbocycles. The van der Waals surface area contributed by atoms with Crippen molar-refractivity contribution in [3.8, 4) is 11.3 Å². The Kier molecular flexibility index (Phi) is 7.75. The Hall–Kier alpha value is -3.89. The zero-order valence-electron chi connectivity index (χ0n) is 19.6. The van der Waals surface area contributed by atoms with Crippen molar-refractivity contribution in [3.05, 3.63) is 87.5 Å². The quantitative estimate of drug-likeness (QED) is 0.291. The fourth-order valence-electron chi connectivity index (χ4n) is 4.01. The highest BCUT2D eigenvalue weighted by Crippen LogP contribution is 2.39. The summed E-state index contributed by atoms with van der Waals surface area (Å²) in [6.07, 6.45) is -3.33. The minimum atomic E-state index is -4.68. The molecule has 0 saturated heterocycles. The molecular formula is C26H19Cl2F3N4O3. The number of carbonyl (C=O) groups excluding carboxylic acids is 2. The number of pyridine rings is 2. The lowest BCUT2D eigenvalue weighted by Gasteiger charge is -2.19. The molecule has 3 N–H and O–H groups in total. The van der Waals surface area contributed by atoms with E-state index in [1.54, 1.807) is 18.2 Å². The number of aromatic nitrogens is 2. The minimum Gasteiger partial charge on any atom is -0.467 e. The van der Waals surface area contributed by atoms with Crippen LogP contribution in [-0.4, -0.2) is 35.0 Å². The number of ether oxygens (including phenoxy) is 1. The maximum Gasteiger partial charge on any atom is 0.418 e. The lowest BCUT2D eigenvalue weighted by molar-refractivity contribution is -0.142. The van der Waals surface area contributed by atoms with E-state index in [4.69, 9.17) is 33.7 Å². The van der Waals surface area contributed by atoms with Crippen LogP contribution in [-0.2, 0) is 22.1 Å². The van der Waals surface area contributed by atoms with Crippen molar-refractivity contribution in [2.75, 3.05) is 12.8 Å². The molecule has 0 aliphatic rings. The number of nitrogen functional groups attached to an aromatic ring is 1. The first-order chi connectivity index (χ1) is 18.0. The molecule has 38 heavy (non-hydrogen) atoms. The number of hydrogen-bond acceptors (Lipinski definition) is 6. The number of methoxy groups -OCH3 is 1. The lowest BCUT2D eigenvalue weighted by atomic mass is 9.95. The average molecular weight is 563 g/mol. The van der Waals surface area contributed by atoms with Gasteiger partial charge in [0.1, 0.15) is 11.9 Å². The molecule has 196 valence electrons. The van der Waals surface area contributed by atoms with Gasteiger partial charge in [0.25, 0.3) is 5.91 Å². The fraction of sp³-hybridized carbons (Fsp3) is 0.154. The molecular weight excluding hydrogens is 544 g/mol. The van der Waals surface area contributed by atoms with Crippen LogP contribution in [0.25, 0.3) is 22.2 Å². The first-order valence-electron chi connectivity index (χ1n) is 11.0. The number of nitrogens with two attached hydrogens (primary N) is 1. The second-order valence-electron chi connectivity index (χ2n) is 8.15. The van der Waals surface area contributed by atoms with Gasteiger partial charge in [-0.05, 0) is 35.9 Å². The standard InChI is InChI=1S/C26H19Cl2F3N4O3/c1-38-25(37)19(34-24(36)21-17(27)5-2-6-18(21)28)12-13-7-8-15(22-14(13)4-3-11-33-22)23-16(26(29,30)31)9-10-20(32)35-23/h2-11,19H,12H2,1H3,(H2,32,35)(H,34,36)/t19-/m0/s1. The Morgan fingerprint density at radius 3 is 2.42 bits per heavy atom. The van der Waals surface area contributed by atoms with Crippen molar-refractivity contribution < 1.29 is 27.5 Å². The van der Waals surface area contributed by atoms with Crippen molar-refractivity contribution >= 4 is 51.8 Å². The highest BCUT2D eigenvalue weighted by atomic mass is 35.5. The summed E-state index contributed by atoms with van der Waals surface area (Å²) in [6.45, 7) is 0. The Morgan fingerprint density at radius 2 is 1.76 bits per heavy atom. The van der Waals surface area contributed by atoms with Crippen LogP contribution >= 0.6 is 23.2 Å². The molecule has 1 amide bonds. The molecule has 0 bridgehead atoms. The van der Waals surface area contributed by atoms with Gasteiger partial charge in [0, 0.05) is 23.6 Å². The third kappa shape index (κ3) is 5.51. The zero-order valence-corrected chi connectivity index (χ0v) is 21.2. The normalized spacial score (nSPS) is 12.3. The number of anilines is 1. The number of carbonyl (C=O) groups is 2. The Balaban J connectivity index is 1.77. The van der Waals surface area contributed by atoms with Crippen LogP contribution in [0, 0.1) is 0 Å². The largest absolute Gasteiger partial charge is 0.467 e. The summed E-state index contributed by atoms with van der Waals surface area (Å²) < 4.78 is 46.1. The van der Waals surface area contributed by atoms with E-state index in [1.165, 1.54) is 30.5 Å². The molecule has 7 nitrogen and oxygen atoms in total. The van der Waals surface area contributed by atoms with Crippen molar-refractivity contribution in [3.63, 3.8) is 0 Å². The zero-order chi connectivity index (χ0) is 27.6. The number of fused-ring (bicyclic) bond motifs is 1. The maximum atomic E-state index is 13.8. The molecule has 0 saturated carbocycles. The third-order valence-electron chi connectivity index (χ3n) is 5.74. The molecule has 2 aromatic heterocycles. The van der Waals surface area contributed by atoms with Gasteiger partial charge in [-0.15, -0.1) is 0 Å². The van der Waals surface area contributed by atoms with E-state index in [-0.39, 0.29) is 44.6 Å². The summed E-state index contributed by atoms with van der Waals surface area (Å²) in [5, 5.41) is 3.21. The highest BCUT2D eigenvalue weighted by Gasteiger charge is 2.35. The first kappa shape index (κ1) is 27.2. The summed E-state index contributed by atoms with van der Waals surface area (Å²) in [4.78, 5) is 33.8. The monoisotopic (exact) mass is 562 g/mol. The second-order valence-corrected chi connectivity index (χ2v) is 8.97. The van der Waals surface area contributed by atoms with Gasteiger partial charge in [0.05, 0.1) is 39.5 Å². The molecule has 0 radical (unpaired) electrons. The van der Waals surface area contributed by atoms with E-state index in [0.717, 1.165) is 19.2 Å². The van der Waals surface area contributed by atoms with Crippen LogP contribution in [0.4, 0.5) is 19.0 Å². The van der Waals surface area contributed by atoms with Crippen LogP contribution < -0.4 is 11.1 Å². The predicted octanol–water partition coefficient (Wildman–Crippen LogP) is 5.72. The number of halogens is 5. The van der Waals surface area contributed by atoms with E-state index < -0.39 is 29.7 Å². The summed E-state index contributed by atoms with van der Waals surface area (Å²) in [5.74, 6) is -1.54. The van der Waals surface area contributed by atoms with Crippen molar-refractivity contribution in [2.45, 2.75) is 18.6 Å². The van der Waals surface area contributed by atoms with E-state index in [1.807, 2.05) is 0 Å². The summed E-state index contributed by atoms with van der Waals surface area (Å²) in [7, 11) is 1.16. The van der Waals surface area contributed by atoms with Gasteiger partial charge < -0.3 is 15.8 Å². The van der Waals surface area contributed by atoms with Crippen LogP contribution in [0.15, 0.2) is 60.8 Å². The van der Waals surface area contributed by atoms with Crippen LogP contribution in [0.1, 0.15) is 21.5 Å². The molecule has 0 fully saturated rings. The van der Waals surface area contributed by atoms with Gasteiger partial charge in [0.2, 0.25) is 0 Å². The van der Waals surface area contributed by atoms with Gasteiger partial charge >= 0.3 is 12.1 Å².